The molecule has 146 valence electrons. The molecule has 0 bridgehead atoms. The normalized spacial score (nSPS) is 17.4. The predicted molar refractivity (Wildman–Crippen MR) is 114 cm³/mol. The second-order valence-electron chi connectivity index (χ2n) is 6.64. The monoisotopic (exact) mass is 476 g/mol. The van der Waals surface area contributed by atoms with Crippen LogP contribution in [0.4, 0.5) is 4.39 Å². The number of rotatable bonds is 6. The number of nitrogens with one attached hydrogen (secondary N) is 2. The maximum absolute atomic E-state index is 12.9. The van der Waals surface area contributed by atoms with Crippen molar-refractivity contribution in [1.29, 1.82) is 0 Å². The predicted octanol–water partition coefficient (Wildman–Crippen LogP) is 2.80. The Morgan fingerprint density at radius 2 is 1.96 bits per heavy atom. The molecule has 2 N–H and O–H groups in total. The van der Waals surface area contributed by atoms with E-state index in [2.05, 4.69) is 22.5 Å². The molecule has 1 saturated heterocycles. The fourth-order valence-electron chi connectivity index (χ4n) is 3.06. The van der Waals surface area contributed by atoms with Crippen molar-refractivity contribution in [3.05, 3.63) is 35.6 Å². The lowest BCUT2D eigenvalue weighted by atomic mass is 10.00. The molecular weight excluding hydrogens is 446 g/mol. The Balaban J connectivity index is 0.00000338. The Morgan fingerprint density at radius 1 is 1.27 bits per heavy atom. The topological polar surface area (TPSA) is 56.7 Å². The molecule has 1 aliphatic heterocycles. The average molecular weight is 476 g/mol. The van der Waals surface area contributed by atoms with Crippen molar-refractivity contribution in [3.8, 4) is 0 Å². The molecule has 1 atom stereocenters. The van der Waals surface area contributed by atoms with E-state index in [1.807, 2.05) is 4.90 Å². The van der Waals surface area contributed by atoms with Gasteiger partial charge in [-0.1, -0.05) is 19.1 Å². The van der Waals surface area contributed by atoms with Crippen molar-refractivity contribution in [2.75, 3.05) is 33.2 Å². The molecule has 1 heterocycles. The molecule has 1 aliphatic rings. The first-order chi connectivity index (χ1) is 12.1. The summed E-state index contributed by atoms with van der Waals surface area (Å²) >= 11 is 0. The lowest BCUT2D eigenvalue weighted by Crippen LogP contribution is -2.42. The summed E-state index contributed by atoms with van der Waals surface area (Å²) < 4.78 is 12.9. The lowest BCUT2D eigenvalue weighted by molar-refractivity contribution is -0.132. The summed E-state index contributed by atoms with van der Waals surface area (Å²) in [7, 11) is 1.71. The summed E-state index contributed by atoms with van der Waals surface area (Å²) in [6.07, 6.45) is 3.58. The van der Waals surface area contributed by atoms with E-state index in [0.717, 1.165) is 31.5 Å². The third-order valence-corrected chi connectivity index (χ3v) is 4.48. The second-order valence-corrected chi connectivity index (χ2v) is 6.64. The minimum Gasteiger partial charge on any atom is -0.356 e. The third-order valence-electron chi connectivity index (χ3n) is 4.48. The summed E-state index contributed by atoms with van der Waals surface area (Å²) in [5, 5.41) is 6.39. The van der Waals surface area contributed by atoms with E-state index < -0.39 is 0 Å². The van der Waals surface area contributed by atoms with Gasteiger partial charge in [-0.05, 0) is 42.9 Å². The maximum atomic E-state index is 12.9. The van der Waals surface area contributed by atoms with Gasteiger partial charge < -0.3 is 15.5 Å². The Kier molecular flexibility index (Phi) is 10.5. The van der Waals surface area contributed by atoms with Crippen LogP contribution in [0.25, 0.3) is 0 Å². The van der Waals surface area contributed by atoms with Gasteiger partial charge >= 0.3 is 0 Å². The van der Waals surface area contributed by atoms with E-state index >= 15 is 0 Å². The molecule has 26 heavy (non-hydrogen) atoms. The summed E-state index contributed by atoms with van der Waals surface area (Å²) in [6.45, 7) is 5.23. The Morgan fingerprint density at radius 3 is 2.62 bits per heavy atom. The molecule has 1 fully saturated rings. The van der Waals surface area contributed by atoms with Gasteiger partial charge in [-0.3, -0.25) is 9.79 Å². The summed E-state index contributed by atoms with van der Waals surface area (Å²) in [5.74, 6) is 1.27. The number of piperidine rings is 1. The minimum absolute atomic E-state index is 0. The Labute approximate surface area is 172 Å². The highest BCUT2D eigenvalue weighted by atomic mass is 127. The summed E-state index contributed by atoms with van der Waals surface area (Å²) in [4.78, 5) is 18.4. The molecule has 7 heteroatoms. The highest BCUT2D eigenvalue weighted by molar-refractivity contribution is 14.0. The van der Waals surface area contributed by atoms with Crippen LogP contribution in [0, 0.1) is 11.7 Å². The summed E-state index contributed by atoms with van der Waals surface area (Å²) in [6, 6.07) is 6.50. The fourth-order valence-corrected chi connectivity index (χ4v) is 3.06. The van der Waals surface area contributed by atoms with Crippen molar-refractivity contribution in [1.82, 2.24) is 15.5 Å². The molecule has 2 rings (SSSR count). The van der Waals surface area contributed by atoms with E-state index in [9.17, 15) is 9.18 Å². The number of likely N-dealkylation sites (tertiary alicyclic amines) is 1. The molecule has 5 nitrogen and oxygen atoms in total. The van der Waals surface area contributed by atoms with Gasteiger partial charge in [-0.15, -0.1) is 24.0 Å². The molecule has 1 unspecified atom stereocenters. The van der Waals surface area contributed by atoms with Crippen LogP contribution in [0.3, 0.4) is 0 Å². The van der Waals surface area contributed by atoms with Crippen LogP contribution in [-0.4, -0.2) is 50.0 Å². The molecule has 1 aromatic rings. The van der Waals surface area contributed by atoms with Crippen LogP contribution in [0.5, 0.6) is 0 Å². The summed E-state index contributed by atoms with van der Waals surface area (Å²) in [5.41, 5.74) is 1.07. The first-order valence-corrected chi connectivity index (χ1v) is 9.05. The van der Waals surface area contributed by atoms with Crippen molar-refractivity contribution in [2.45, 2.75) is 32.6 Å². The number of halogens is 2. The van der Waals surface area contributed by atoms with Crippen molar-refractivity contribution >= 4 is 35.8 Å². The molecule has 1 amide bonds. The minimum atomic E-state index is -0.220. The van der Waals surface area contributed by atoms with E-state index in [0.29, 0.717) is 31.4 Å². The van der Waals surface area contributed by atoms with Crippen LogP contribution >= 0.6 is 24.0 Å². The Bertz CT molecular complexity index is 579. The zero-order valence-electron chi connectivity index (χ0n) is 15.6. The number of benzene rings is 1. The van der Waals surface area contributed by atoms with Gasteiger partial charge in [-0.2, -0.15) is 0 Å². The zero-order valence-corrected chi connectivity index (χ0v) is 18.0. The smallest absolute Gasteiger partial charge is 0.224 e. The second kappa shape index (κ2) is 12.1. The van der Waals surface area contributed by atoms with E-state index in [4.69, 9.17) is 0 Å². The zero-order chi connectivity index (χ0) is 18.1. The van der Waals surface area contributed by atoms with Gasteiger partial charge in [0.2, 0.25) is 5.91 Å². The SMILES string of the molecule is CN=C(NCCC(=O)N1CCCC(C)C1)NCCc1ccc(F)cc1.I. The third kappa shape index (κ3) is 7.88. The van der Waals surface area contributed by atoms with Crippen LogP contribution < -0.4 is 10.6 Å². The van der Waals surface area contributed by atoms with E-state index in [1.54, 1.807) is 19.2 Å². The fraction of sp³-hybridized carbons (Fsp3) is 0.579. The number of hydrogen-bond donors (Lipinski definition) is 2. The van der Waals surface area contributed by atoms with Crippen LogP contribution in [0.1, 0.15) is 31.7 Å². The van der Waals surface area contributed by atoms with Gasteiger partial charge in [0.25, 0.3) is 0 Å². The maximum Gasteiger partial charge on any atom is 0.224 e. The van der Waals surface area contributed by atoms with Crippen molar-refractivity contribution in [2.24, 2.45) is 10.9 Å². The molecule has 0 saturated carbocycles. The van der Waals surface area contributed by atoms with Crippen LogP contribution in [0.15, 0.2) is 29.3 Å². The number of carbonyl (C=O) groups is 1. The molecule has 0 spiro atoms. The average Bonchev–Trinajstić information content (AvgIpc) is 2.62. The van der Waals surface area contributed by atoms with Gasteiger partial charge in [0.1, 0.15) is 5.82 Å². The van der Waals surface area contributed by atoms with Crippen molar-refractivity contribution in [3.63, 3.8) is 0 Å². The van der Waals surface area contributed by atoms with E-state index in [-0.39, 0.29) is 35.7 Å². The van der Waals surface area contributed by atoms with Crippen LogP contribution in [-0.2, 0) is 11.2 Å². The van der Waals surface area contributed by atoms with Gasteiger partial charge in [0, 0.05) is 39.6 Å². The molecule has 0 radical (unpaired) electrons. The first kappa shape index (κ1) is 22.7. The largest absolute Gasteiger partial charge is 0.356 e. The quantitative estimate of drug-likeness (QED) is 0.377. The molecule has 0 aromatic heterocycles. The molecular formula is C19H30FIN4O. The number of carbonyl (C=O) groups excluding carboxylic acids is 1. The number of guanidine groups is 1. The number of hydrogen-bond acceptors (Lipinski definition) is 2. The highest BCUT2D eigenvalue weighted by Crippen LogP contribution is 2.15. The van der Waals surface area contributed by atoms with Gasteiger partial charge in [0.05, 0.1) is 0 Å². The number of amides is 1. The Hall–Kier alpha value is -1.38. The standard InChI is InChI=1S/C19H29FN4O.HI/c1-15-4-3-13-24(14-15)18(25)10-12-23-19(21-2)22-11-9-16-5-7-17(20)8-6-16;/h5-8,15H,3-4,9-14H2,1-2H3,(H2,21,22,23);1H. The molecule has 1 aromatic carbocycles. The van der Waals surface area contributed by atoms with E-state index in [1.165, 1.54) is 18.6 Å². The van der Waals surface area contributed by atoms with Crippen LogP contribution in [0.2, 0.25) is 0 Å². The van der Waals surface area contributed by atoms with Gasteiger partial charge in [0.15, 0.2) is 5.96 Å². The molecule has 0 aliphatic carbocycles. The van der Waals surface area contributed by atoms with Crippen molar-refractivity contribution < 1.29 is 9.18 Å². The number of nitrogens with zero attached hydrogens (tertiary/aromatic N) is 2. The lowest BCUT2D eigenvalue weighted by Gasteiger charge is -2.31. The first-order valence-electron chi connectivity index (χ1n) is 9.05. The highest BCUT2D eigenvalue weighted by Gasteiger charge is 2.20. The number of aliphatic imine (C=N–C) groups is 1. The van der Waals surface area contributed by atoms with Gasteiger partial charge in [-0.25, -0.2) is 4.39 Å².